The molecule has 29 heavy (non-hydrogen) atoms. The van der Waals surface area contributed by atoms with Crippen molar-refractivity contribution < 1.29 is 19.6 Å². The third kappa shape index (κ3) is 4.03. The highest BCUT2D eigenvalue weighted by Crippen LogP contribution is 2.28. The molecule has 2 N–H and O–H groups in total. The first-order chi connectivity index (χ1) is 13.8. The lowest BCUT2D eigenvalue weighted by molar-refractivity contribution is -0.386. The minimum Gasteiger partial charge on any atom is -0.479 e. The Morgan fingerprint density at radius 2 is 2.03 bits per heavy atom. The van der Waals surface area contributed by atoms with Gasteiger partial charge in [0.05, 0.1) is 22.0 Å². The molecule has 0 saturated heterocycles. The molecule has 0 fully saturated rings. The summed E-state index contributed by atoms with van der Waals surface area (Å²) >= 11 is 0. The number of carboxylic acids is 1. The van der Waals surface area contributed by atoms with Gasteiger partial charge in [0, 0.05) is 11.6 Å². The molecule has 1 aromatic heterocycles. The van der Waals surface area contributed by atoms with Gasteiger partial charge in [-0.25, -0.2) is 9.59 Å². The van der Waals surface area contributed by atoms with E-state index in [-0.39, 0.29) is 16.7 Å². The third-order valence-electron chi connectivity index (χ3n) is 3.94. The summed E-state index contributed by atoms with van der Waals surface area (Å²) in [5, 5.41) is 24.2. The van der Waals surface area contributed by atoms with Crippen molar-refractivity contribution in [1.29, 1.82) is 0 Å². The zero-order chi connectivity index (χ0) is 21.1. The number of H-pyrrole nitrogens is 1. The standard InChI is InChI=1S/C18H14N4O7/c1-10(17(24)25)29-15-7-6-11(8-14(15)22(27)28)9-19-21-16(23)12-4-2-3-5-13(12)20-18(21)26/h2-10H,1H3,(H,20,26)(H,24,25)/t10-/m1/s1. The molecule has 3 rings (SSSR count). The number of rotatable bonds is 6. The van der Waals surface area contributed by atoms with Crippen LogP contribution in [0.1, 0.15) is 12.5 Å². The molecule has 2 aromatic carbocycles. The molecule has 11 nitrogen and oxygen atoms in total. The van der Waals surface area contributed by atoms with Gasteiger partial charge >= 0.3 is 17.3 Å². The number of ether oxygens (including phenoxy) is 1. The maximum absolute atomic E-state index is 12.4. The number of hydrogen-bond acceptors (Lipinski definition) is 7. The van der Waals surface area contributed by atoms with Crippen LogP contribution in [-0.2, 0) is 4.79 Å². The molecule has 0 spiro atoms. The van der Waals surface area contributed by atoms with E-state index in [1.165, 1.54) is 25.1 Å². The van der Waals surface area contributed by atoms with Gasteiger partial charge in [0.15, 0.2) is 11.9 Å². The van der Waals surface area contributed by atoms with Crippen LogP contribution in [0.3, 0.4) is 0 Å². The second-order valence-electron chi connectivity index (χ2n) is 5.92. The number of aromatic nitrogens is 2. The summed E-state index contributed by atoms with van der Waals surface area (Å²) < 4.78 is 5.68. The van der Waals surface area contributed by atoms with E-state index in [1.54, 1.807) is 18.2 Å². The number of fused-ring (bicyclic) bond motifs is 1. The van der Waals surface area contributed by atoms with Crippen molar-refractivity contribution in [2.24, 2.45) is 5.10 Å². The molecule has 3 aromatic rings. The molecular formula is C18H14N4O7. The van der Waals surface area contributed by atoms with E-state index in [1.807, 2.05) is 0 Å². The summed E-state index contributed by atoms with van der Waals surface area (Å²) in [5.41, 5.74) is -1.34. The second-order valence-corrected chi connectivity index (χ2v) is 5.92. The Kier molecular flexibility index (Phi) is 5.21. The Balaban J connectivity index is 1.99. The highest BCUT2D eigenvalue weighted by Gasteiger charge is 2.21. The van der Waals surface area contributed by atoms with Crippen LogP contribution in [0.4, 0.5) is 5.69 Å². The summed E-state index contributed by atoms with van der Waals surface area (Å²) in [7, 11) is 0. The minimum atomic E-state index is -1.29. The van der Waals surface area contributed by atoms with E-state index >= 15 is 0 Å². The average molecular weight is 398 g/mol. The molecule has 11 heteroatoms. The predicted molar refractivity (Wildman–Crippen MR) is 103 cm³/mol. The summed E-state index contributed by atoms with van der Waals surface area (Å²) in [6.07, 6.45) is -0.189. The van der Waals surface area contributed by atoms with Crippen LogP contribution in [-0.4, -0.2) is 38.0 Å². The number of nitro benzene ring substituents is 1. The Morgan fingerprint density at radius 3 is 2.72 bits per heavy atom. The number of hydrogen-bond donors (Lipinski definition) is 2. The van der Waals surface area contributed by atoms with Crippen molar-refractivity contribution in [3.63, 3.8) is 0 Å². The van der Waals surface area contributed by atoms with Gasteiger partial charge in [-0.2, -0.15) is 5.10 Å². The summed E-state index contributed by atoms with van der Waals surface area (Å²) in [6, 6.07) is 10.1. The third-order valence-corrected chi connectivity index (χ3v) is 3.94. The number of aromatic amines is 1. The van der Waals surface area contributed by atoms with Gasteiger partial charge in [-0.1, -0.05) is 12.1 Å². The molecule has 0 radical (unpaired) electrons. The fraction of sp³-hybridized carbons (Fsp3) is 0.111. The van der Waals surface area contributed by atoms with Crippen LogP contribution in [0.5, 0.6) is 5.75 Å². The van der Waals surface area contributed by atoms with Crippen molar-refractivity contribution >= 4 is 28.8 Å². The second kappa shape index (κ2) is 7.76. The van der Waals surface area contributed by atoms with E-state index in [9.17, 15) is 24.5 Å². The monoisotopic (exact) mass is 398 g/mol. The van der Waals surface area contributed by atoms with Crippen LogP contribution < -0.4 is 16.0 Å². The number of benzene rings is 2. The first-order valence-electron chi connectivity index (χ1n) is 8.24. The van der Waals surface area contributed by atoms with Crippen molar-refractivity contribution in [3.8, 4) is 5.75 Å². The molecule has 0 amide bonds. The Labute approximate surface area is 161 Å². The molecule has 0 aliphatic carbocycles. The van der Waals surface area contributed by atoms with Gasteiger partial charge in [0.1, 0.15) is 0 Å². The van der Waals surface area contributed by atoms with Gasteiger partial charge in [0.2, 0.25) is 0 Å². The molecule has 0 unspecified atom stereocenters. The maximum Gasteiger partial charge on any atom is 0.349 e. The van der Waals surface area contributed by atoms with Crippen LogP contribution in [0.2, 0.25) is 0 Å². The fourth-order valence-corrected chi connectivity index (χ4v) is 2.48. The summed E-state index contributed by atoms with van der Waals surface area (Å²) in [4.78, 5) is 48.5. The lowest BCUT2D eigenvalue weighted by Crippen LogP contribution is -2.32. The zero-order valence-corrected chi connectivity index (χ0v) is 14.9. The van der Waals surface area contributed by atoms with E-state index in [0.717, 1.165) is 12.3 Å². The Bertz CT molecular complexity index is 1260. The summed E-state index contributed by atoms with van der Waals surface area (Å²) in [5.74, 6) is -1.51. The molecule has 1 atom stereocenters. The van der Waals surface area contributed by atoms with E-state index in [0.29, 0.717) is 10.2 Å². The van der Waals surface area contributed by atoms with Crippen molar-refractivity contribution in [2.45, 2.75) is 13.0 Å². The highest BCUT2D eigenvalue weighted by atomic mass is 16.6. The van der Waals surface area contributed by atoms with Gasteiger partial charge < -0.3 is 14.8 Å². The molecular weight excluding hydrogens is 384 g/mol. The number of nitrogens with zero attached hydrogens (tertiary/aromatic N) is 3. The first-order valence-corrected chi connectivity index (χ1v) is 8.24. The SMILES string of the molecule is C[C@@H](Oc1ccc(C=Nn2c(=O)[nH]c3ccccc3c2=O)cc1[N+](=O)[O-])C(=O)O. The highest BCUT2D eigenvalue weighted by molar-refractivity contribution is 5.82. The van der Waals surface area contributed by atoms with Crippen LogP contribution in [0.25, 0.3) is 10.9 Å². The van der Waals surface area contributed by atoms with Crippen molar-refractivity contribution in [1.82, 2.24) is 9.66 Å². The number of nitro groups is 1. The van der Waals surface area contributed by atoms with Crippen LogP contribution in [0, 0.1) is 10.1 Å². The topological polar surface area (TPSA) is 157 Å². The molecule has 0 saturated carbocycles. The molecule has 1 heterocycles. The number of para-hydroxylation sites is 1. The first kappa shape index (κ1) is 19.5. The lowest BCUT2D eigenvalue weighted by atomic mass is 10.2. The van der Waals surface area contributed by atoms with Crippen molar-refractivity contribution in [2.75, 3.05) is 0 Å². The summed E-state index contributed by atoms with van der Waals surface area (Å²) in [6.45, 7) is 1.24. The van der Waals surface area contributed by atoms with Crippen molar-refractivity contribution in [3.05, 3.63) is 79.0 Å². The zero-order valence-electron chi connectivity index (χ0n) is 14.9. The van der Waals surface area contributed by atoms with E-state index in [4.69, 9.17) is 9.84 Å². The van der Waals surface area contributed by atoms with Crippen LogP contribution >= 0.6 is 0 Å². The van der Waals surface area contributed by atoms with E-state index < -0.39 is 33.9 Å². The normalized spacial score (nSPS) is 12.2. The molecule has 148 valence electrons. The number of carboxylic acid groups (broad SMARTS) is 1. The smallest absolute Gasteiger partial charge is 0.349 e. The molecule has 0 aliphatic rings. The van der Waals surface area contributed by atoms with Gasteiger partial charge in [-0.15, -0.1) is 4.68 Å². The number of carbonyl (C=O) groups is 1. The maximum atomic E-state index is 12.4. The number of nitrogens with one attached hydrogen (secondary N) is 1. The van der Waals surface area contributed by atoms with Gasteiger partial charge in [-0.05, 0) is 31.2 Å². The van der Waals surface area contributed by atoms with Gasteiger partial charge in [-0.3, -0.25) is 14.9 Å². The Morgan fingerprint density at radius 1 is 1.31 bits per heavy atom. The quantitative estimate of drug-likeness (QED) is 0.360. The largest absolute Gasteiger partial charge is 0.479 e. The van der Waals surface area contributed by atoms with Gasteiger partial charge in [0.25, 0.3) is 5.56 Å². The molecule has 0 bridgehead atoms. The lowest BCUT2D eigenvalue weighted by Gasteiger charge is -2.10. The predicted octanol–water partition coefficient (Wildman–Crippen LogP) is 1.33. The minimum absolute atomic E-state index is 0.200. The molecule has 0 aliphatic heterocycles. The Hall–Kier alpha value is -4.28. The number of aliphatic carboxylic acids is 1. The van der Waals surface area contributed by atoms with E-state index in [2.05, 4.69) is 10.1 Å². The average Bonchev–Trinajstić information content (AvgIpc) is 2.68. The van der Waals surface area contributed by atoms with Crippen LogP contribution in [0.15, 0.2) is 57.2 Å². The fourth-order valence-electron chi connectivity index (χ4n) is 2.48.